The molecule has 26 heavy (non-hydrogen) atoms. The second-order valence-electron chi connectivity index (χ2n) is 5.97. The molecule has 0 amide bonds. The summed E-state index contributed by atoms with van der Waals surface area (Å²) in [6.45, 7) is 2.20. The number of halogens is 3. The molecule has 1 aromatic carbocycles. The van der Waals surface area contributed by atoms with Gasteiger partial charge in [0, 0.05) is 25.2 Å². The summed E-state index contributed by atoms with van der Waals surface area (Å²) < 4.78 is 28.8. The highest BCUT2D eigenvalue weighted by Crippen LogP contribution is 2.39. The average molecular weight is 398 g/mol. The first-order valence-corrected chi connectivity index (χ1v) is 9.15. The molecule has 0 fully saturated rings. The van der Waals surface area contributed by atoms with Crippen molar-refractivity contribution in [3.05, 3.63) is 51.5 Å². The highest BCUT2D eigenvalue weighted by molar-refractivity contribution is 7.20. The maximum absolute atomic E-state index is 13.4. The lowest BCUT2D eigenvalue weighted by Gasteiger charge is -2.17. The number of aryl methyl sites for hydroxylation is 2. The van der Waals surface area contributed by atoms with Crippen molar-refractivity contribution < 1.29 is 8.78 Å². The molecule has 3 rings (SSSR count). The van der Waals surface area contributed by atoms with Crippen molar-refractivity contribution in [3.8, 4) is 11.3 Å². The van der Waals surface area contributed by atoms with Crippen LogP contribution < -0.4 is 11.1 Å². The lowest BCUT2D eigenvalue weighted by molar-refractivity contribution is 0.506. The zero-order valence-corrected chi connectivity index (χ0v) is 15.8. The molecular formula is C17H18ClF2N5S. The Hall–Kier alpha value is -2.03. The van der Waals surface area contributed by atoms with Crippen molar-refractivity contribution in [2.24, 2.45) is 12.8 Å². The third kappa shape index (κ3) is 3.87. The van der Waals surface area contributed by atoms with Crippen molar-refractivity contribution in [2.45, 2.75) is 19.4 Å². The van der Waals surface area contributed by atoms with Gasteiger partial charge in [-0.05, 0) is 37.1 Å². The molecule has 5 nitrogen and oxygen atoms in total. The second-order valence-corrected chi connectivity index (χ2v) is 7.63. The molecular weight excluding hydrogens is 380 g/mol. The van der Waals surface area contributed by atoms with Gasteiger partial charge in [-0.1, -0.05) is 22.9 Å². The van der Waals surface area contributed by atoms with E-state index in [2.05, 4.69) is 15.6 Å². The summed E-state index contributed by atoms with van der Waals surface area (Å²) in [5.74, 6) is -1.72. The Balaban J connectivity index is 1.79. The van der Waals surface area contributed by atoms with Crippen LogP contribution in [0.4, 0.5) is 13.8 Å². The number of aromatic nitrogens is 3. The largest absolute Gasteiger partial charge is 0.373 e. The highest BCUT2D eigenvalue weighted by atomic mass is 35.5. The van der Waals surface area contributed by atoms with Crippen molar-refractivity contribution in [1.29, 1.82) is 0 Å². The molecule has 0 spiro atoms. The quantitative estimate of drug-likeness (QED) is 0.664. The van der Waals surface area contributed by atoms with Gasteiger partial charge < -0.3 is 11.1 Å². The van der Waals surface area contributed by atoms with Gasteiger partial charge in [0.05, 0.1) is 16.4 Å². The first-order chi connectivity index (χ1) is 12.4. The second kappa shape index (κ2) is 7.69. The SMILES string of the molecule is Cc1nnn(C)c1-c1cc(N[C@H](CN)Cc2ccc(F)c(F)c2)sc1Cl. The van der Waals surface area contributed by atoms with Crippen LogP contribution in [0, 0.1) is 18.6 Å². The standard InChI is InChI=1S/C17H18ClF2N5S/c1-9-16(25(2)24-23-9)12-7-15(26-17(12)18)22-11(8-21)5-10-3-4-13(19)14(20)6-10/h3-4,6-7,11,22H,5,8,21H2,1-2H3/t11-/m0/s1. The van der Waals surface area contributed by atoms with E-state index in [1.54, 1.807) is 10.7 Å². The van der Waals surface area contributed by atoms with E-state index in [-0.39, 0.29) is 6.04 Å². The Morgan fingerprint density at radius 3 is 2.69 bits per heavy atom. The van der Waals surface area contributed by atoms with Crippen molar-refractivity contribution in [3.63, 3.8) is 0 Å². The number of benzene rings is 1. The Morgan fingerprint density at radius 1 is 1.31 bits per heavy atom. The maximum Gasteiger partial charge on any atom is 0.159 e. The number of hydrogen-bond acceptors (Lipinski definition) is 5. The van der Waals surface area contributed by atoms with E-state index in [9.17, 15) is 8.78 Å². The predicted octanol–water partition coefficient (Wildman–Crippen LogP) is 3.77. The number of nitrogens with one attached hydrogen (secondary N) is 1. The average Bonchev–Trinajstić information content (AvgIpc) is 3.11. The number of thiophene rings is 1. The van der Waals surface area contributed by atoms with Crippen molar-refractivity contribution in [1.82, 2.24) is 15.0 Å². The molecule has 2 aromatic heterocycles. The summed E-state index contributed by atoms with van der Waals surface area (Å²) in [6.07, 6.45) is 0.463. The van der Waals surface area contributed by atoms with Gasteiger partial charge in [0.2, 0.25) is 0 Å². The molecule has 3 N–H and O–H groups in total. The summed E-state index contributed by atoms with van der Waals surface area (Å²) in [7, 11) is 1.81. The normalized spacial score (nSPS) is 12.4. The summed E-state index contributed by atoms with van der Waals surface area (Å²) in [6, 6.07) is 5.65. The zero-order valence-electron chi connectivity index (χ0n) is 14.3. The fourth-order valence-corrected chi connectivity index (χ4v) is 4.03. The molecule has 0 unspecified atom stereocenters. The van der Waals surface area contributed by atoms with Gasteiger partial charge in [-0.2, -0.15) is 0 Å². The molecule has 9 heteroatoms. The van der Waals surface area contributed by atoms with Crippen LogP contribution in [0.25, 0.3) is 11.3 Å². The van der Waals surface area contributed by atoms with Gasteiger partial charge in [0.25, 0.3) is 0 Å². The third-order valence-corrected chi connectivity index (χ3v) is 5.32. The Kier molecular flexibility index (Phi) is 5.55. The topological polar surface area (TPSA) is 68.8 Å². The highest BCUT2D eigenvalue weighted by Gasteiger charge is 2.18. The molecule has 0 aliphatic carbocycles. The van der Waals surface area contributed by atoms with Crippen LogP contribution in [0.2, 0.25) is 4.34 Å². The van der Waals surface area contributed by atoms with Crippen LogP contribution in [-0.4, -0.2) is 27.6 Å². The minimum absolute atomic E-state index is 0.145. The Bertz CT molecular complexity index is 905. The molecule has 0 radical (unpaired) electrons. The number of rotatable bonds is 6. The van der Waals surface area contributed by atoms with E-state index in [1.807, 2.05) is 20.0 Å². The smallest absolute Gasteiger partial charge is 0.159 e. The van der Waals surface area contributed by atoms with Crippen molar-refractivity contribution >= 4 is 27.9 Å². The van der Waals surface area contributed by atoms with Crippen LogP contribution in [0.15, 0.2) is 24.3 Å². The summed E-state index contributed by atoms with van der Waals surface area (Å²) in [4.78, 5) is 0. The molecule has 0 saturated carbocycles. The molecule has 1 atom stereocenters. The van der Waals surface area contributed by atoms with Gasteiger partial charge in [0.1, 0.15) is 4.34 Å². The first kappa shape index (κ1) is 18.8. The van der Waals surface area contributed by atoms with E-state index < -0.39 is 11.6 Å². The molecule has 0 aliphatic rings. The van der Waals surface area contributed by atoms with Gasteiger partial charge in [-0.3, -0.25) is 0 Å². The summed E-state index contributed by atoms with van der Waals surface area (Å²) >= 11 is 7.78. The lowest BCUT2D eigenvalue weighted by atomic mass is 10.1. The van der Waals surface area contributed by atoms with Gasteiger partial charge >= 0.3 is 0 Å². The predicted molar refractivity (Wildman–Crippen MR) is 101 cm³/mol. The molecule has 0 bridgehead atoms. The third-order valence-electron chi connectivity index (χ3n) is 4.03. The van der Waals surface area contributed by atoms with Crippen LogP contribution >= 0.6 is 22.9 Å². The van der Waals surface area contributed by atoms with Gasteiger partial charge in [0.15, 0.2) is 11.6 Å². The minimum atomic E-state index is -0.862. The van der Waals surface area contributed by atoms with E-state index in [0.29, 0.717) is 22.9 Å². The summed E-state index contributed by atoms with van der Waals surface area (Å²) in [5.41, 5.74) is 8.99. The van der Waals surface area contributed by atoms with Crippen LogP contribution in [0.5, 0.6) is 0 Å². The maximum atomic E-state index is 13.4. The first-order valence-electron chi connectivity index (χ1n) is 7.95. The van der Waals surface area contributed by atoms with Crippen molar-refractivity contribution in [2.75, 3.05) is 11.9 Å². The van der Waals surface area contributed by atoms with E-state index in [0.717, 1.165) is 28.0 Å². The van der Waals surface area contributed by atoms with E-state index in [4.69, 9.17) is 17.3 Å². The number of nitrogens with zero attached hydrogens (tertiary/aromatic N) is 3. The van der Waals surface area contributed by atoms with Gasteiger partial charge in [-0.25, -0.2) is 13.5 Å². The fraction of sp³-hybridized carbons (Fsp3) is 0.294. The van der Waals surface area contributed by atoms with Crippen LogP contribution in [0.3, 0.4) is 0 Å². The molecule has 3 aromatic rings. The molecule has 2 heterocycles. The van der Waals surface area contributed by atoms with Crippen LogP contribution in [0.1, 0.15) is 11.3 Å². The number of nitrogens with two attached hydrogens (primary N) is 1. The van der Waals surface area contributed by atoms with E-state index >= 15 is 0 Å². The fourth-order valence-electron chi connectivity index (χ4n) is 2.78. The Labute approximate surface area is 158 Å². The Morgan fingerprint density at radius 2 is 2.08 bits per heavy atom. The molecule has 0 saturated heterocycles. The molecule has 138 valence electrons. The lowest BCUT2D eigenvalue weighted by Crippen LogP contribution is -2.30. The minimum Gasteiger partial charge on any atom is -0.373 e. The number of anilines is 1. The van der Waals surface area contributed by atoms with Crippen LogP contribution in [-0.2, 0) is 13.5 Å². The monoisotopic (exact) mass is 397 g/mol. The van der Waals surface area contributed by atoms with Gasteiger partial charge in [-0.15, -0.1) is 16.4 Å². The number of hydrogen-bond donors (Lipinski definition) is 2. The molecule has 0 aliphatic heterocycles. The zero-order chi connectivity index (χ0) is 18.8. The van der Waals surface area contributed by atoms with E-state index in [1.165, 1.54) is 17.4 Å². The summed E-state index contributed by atoms with van der Waals surface area (Å²) in [5, 5.41) is 12.2.